The Balaban J connectivity index is 2.40. The van der Waals surface area contributed by atoms with Crippen molar-refractivity contribution < 1.29 is 4.79 Å². The van der Waals surface area contributed by atoms with Crippen LogP contribution in [0.25, 0.3) is 5.69 Å². The van der Waals surface area contributed by atoms with E-state index in [2.05, 4.69) is 28.9 Å². The zero-order chi connectivity index (χ0) is 16.8. The standard InChI is InChI=1S/C17H25N5O/c1-5-13(6-2)17(23)21(8-4)16-11-22(20-15(16)7-3)14-9-18-12-19-10-14/h9-13H,5-8H2,1-4H3. The minimum atomic E-state index is 0.0584. The lowest BCUT2D eigenvalue weighted by molar-refractivity contribution is -0.122. The van der Waals surface area contributed by atoms with Crippen molar-refractivity contribution in [1.29, 1.82) is 0 Å². The number of nitrogens with zero attached hydrogens (tertiary/aromatic N) is 5. The third kappa shape index (κ3) is 3.57. The number of carbonyl (C=O) groups is 1. The first-order chi connectivity index (χ1) is 11.2. The van der Waals surface area contributed by atoms with Gasteiger partial charge in [0.2, 0.25) is 5.91 Å². The number of anilines is 1. The molecule has 2 aromatic rings. The van der Waals surface area contributed by atoms with Crippen LogP contribution >= 0.6 is 0 Å². The van der Waals surface area contributed by atoms with Crippen molar-refractivity contribution in [2.24, 2.45) is 5.92 Å². The summed E-state index contributed by atoms with van der Waals surface area (Å²) in [6, 6.07) is 0. The molecule has 0 aliphatic rings. The van der Waals surface area contributed by atoms with E-state index in [9.17, 15) is 4.79 Å². The molecule has 0 radical (unpaired) electrons. The van der Waals surface area contributed by atoms with Gasteiger partial charge in [-0.05, 0) is 26.2 Å². The third-order valence-corrected chi connectivity index (χ3v) is 4.12. The Morgan fingerprint density at radius 3 is 2.35 bits per heavy atom. The highest BCUT2D eigenvalue weighted by Gasteiger charge is 2.25. The summed E-state index contributed by atoms with van der Waals surface area (Å²) in [6.45, 7) is 8.81. The first-order valence-corrected chi connectivity index (χ1v) is 8.31. The first-order valence-electron chi connectivity index (χ1n) is 8.31. The van der Waals surface area contributed by atoms with E-state index in [0.717, 1.165) is 36.3 Å². The SMILES string of the molecule is CCc1nn(-c2cncnc2)cc1N(CC)C(=O)C(CC)CC. The molecule has 0 N–H and O–H groups in total. The molecule has 0 aliphatic carbocycles. The lowest BCUT2D eigenvalue weighted by Gasteiger charge is -2.24. The lowest BCUT2D eigenvalue weighted by atomic mass is 10.0. The van der Waals surface area contributed by atoms with Crippen LogP contribution < -0.4 is 4.90 Å². The van der Waals surface area contributed by atoms with Crippen LogP contribution in [0.2, 0.25) is 0 Å². The van der Waals surface area contributed by atoms with Gasteiger partial charge in [-0.2, -0.15) is 5.10 Å². The molecule has 0 fully saturated rings. The molecule has 124 valence electrons. The topological polar surface area (TPSA) is 63.9 Å². The summed E-state index contributed by atoms with van der Waals surface area (Å²) in [7, 11) is 0. The largest absolute Gasteiger partial charge is 0.309 e. The van der Waals surface area contributed by atoms with Crippen LogP contribution in [0.1, 0.15) is 46.2 Å². The molecule has 6 heteroatoms. The van der Waals surface area contributed by atoms with E-state index in [1.165, 1.54) is 6.33 Å². The number of hydrogen-bond donors (Lipinski definition) is 0. The molecule has 0 aromatic carbocycles. The molecule has 6 nitrogen and oxygen atoms in total. The van der Waals surface area contributed by atoms with Crippen molar-refractivity contribution in [3.05, 3.63) is 30.6 Å². The van der Waals surface area contributed by atoms with Crippen LogP contribution in [0, 0.1) is 5.92 Å². The third-order valence-electron chi connectivity index (χ3n) is 4.12. The highest BCUT2D eigenvalue weighted by Crippen LogP contribution is 2.25. The number of aromatic nitrogens is 4. The first kappa shape index (κ1) is 17.1. The van der Waals surface area contributed by atoms with Gasteiger partial charge in [-0.25, -0.2) is 14.6 Å². The molecule has 0 saturated carbocycles. The van der Waals surface area contributed by atoms with Gasteiger partial charge >= 0.3 is 0 Å². The maximum Gasteiger partial charge on any atom is 0.230 e. The van der Waals surface area contributed by atoms with Crippen molar-refractivity contribution in [2.75, 3.05) is 11.4 Å². The van der Waals surface area contributed by atoms with Gasteiger partial charge in [0.1, 0.15) is 12.0 Å². The van der Waals surface area contributed by atoms with Crippen molar-refractivity contribution in [1.82, 2.24) is 19.7 Å². The number of carbonyl (C=O) groups excluding carboxylic acids is 1. The second-order valence-corrected chi connectivity index (χ2v) is 5.45. The average Bonchev–Trinajstić information content (AvgIpc) is 3.01. The fraction of sp³-hybridized carbons (Fsp3) is 0.529. The molecular weight excluding hydrogens is 290 g/mol. The van der Waals surface area contributed by atoms with Gasteiger partial charge in [0.25, 0.3) is 0 Å². The molecule has 0 saturated heterocycles. The van der Waals surface area contributed by atoms with Crippen LogP contribution in [0.3, 0.4) is 0 Å². The van der Waals surface area contributed by atoms with E-state index in [0.29, 0.717) is 6.54 Å². The van der Waals surface area contributed by atoms with Gasteiger partial charge in [-0.1, -0.05) is 20.8 Å². The molecular formula is C17H25N5O. The highest BCUT2D eigenvalue weighted by molar-refractivity contribution is 5.95. The van der Waals surface area contributed by atoms with E-state index >= 15 is 0 Å². The maximum absolute atomic E-state index is 12.8. The van der Waals surface area contributed by atoms with Gasteiger partial charge in [0.05, 0.1) is 30.0 Å². The van der Waals surface area contributed by atoms with Gasteiger partial charge in [0, 0.05) is 12.5 Å². The number of rotatable bonds is 7. The predicted molar refractivity (Wildman–Crippen MR) is 90.6 cm³/mol. The lowest BCUT2D eigenvalue weighted by Crippen LogP contribution is -2.36. The molecule has 0 aliphatic heterocycles. The molecule has 23 heavy (non-hydrogen) atoms. The van der Waals surface area contributed by atoms with Crippen LogP contribution in [0.15, 0.2) is 24.9 Å². The van der Waals surface area contributed by atoms with Gasteiger partial charge in [-0.15, -0.1) is 0 Å². The van der Waals surface area contributed by atoms with E-state index in [4.69, 9.17) is 0 Å². The summed E-state index contributed by atoms with van der Waals surface area (Å²) in [5.41, 5.74) is 2.59. The summed E-state index contributed by atoms with van der Waals surface area (Å²) in [6.07, 6.45) is 9.29. The van der Waals surface area contributed by atoms with Gasteiger partial charge in [0.15, 0.2) is 0 Å². The number of hydrogen-bond acceptors (Lipinski definition) is 4. The summed E-state index contributed by atoms with van der Waals surface area (Å²) in [5, 5.41) is 4.60. The van der Waals surface area contributed by atoms with E-state index in [-0.39, 0.29) is 11.8 Å². The Morgan fingerprint density at radius 2 is 1.83 bits per heavy atom. The molecule has 1 amide bonds. The van der Waals surface area contributed by atoms with Crippen molar-refractivity contribution in [3.8, 4) is 5.69 Å². The van der Waals surface area contributed by atoms with Crippen LogP contribution in [0.4, 0.5) is 5.69 Å². The second kappa shape index (κ2) is 7.85. The fourth-order valence-corrected chi connectivity index (χ4v) is 2.72. The number of aryl methyl sites for hydroxylation is 1. The molecule has 2 heterocycles. The number of amides is 1. The van der Waals surface area contributed by atoms with Crippen LogP contribution in [-0.4, -0.2) is 32.2 Å². The molecule has 0 bridgehead atoms. The average molecular weight is 315 g/mol. The Morgan fingerprint density at radius 1 is 1.17 bits per heavy atom. The summed E-state index contributed by atoms with van der Waals surface area (Å²) in [4.78, 5) is 22.7. The van der Waals surface area contributed by atoms with E-state index < -0.39 is 0 Å². The summed E-state index contributed by atoms with van der Waals surface area (Å²) in [5.74, 6) is 0.235. The minimum absolute atomic E-state index is 0.0584. The molecule has 0 unspecified atom stereocenters. The molecule has 2 rings (SSSR count). The molecule has 2 aromatic heterocycles. The normalized spacial score (nSPS) is 11.0. The van der Waals surface area contributed by atoms with Gasteiger partial charge in [-0.3, -0.25) is 4.79 Å². The van der Waals surface area contributed by atoms with Crippen molar-refractivity contribution >= 4 is 11.6 Å². The maximum atomic E-state index is 12.8. The van der Waals surface area contributed by atoms with Crippen molar-refractivity contribution in [3.63, 3.8) is 0 Å². The molecule has 0 spiro atoms. The highest BCUT2D eigenvalue weighted by atomic mass is 16.2. The van der Waals surface area contributed by atoms with Crippen LogP contribution in [-0.2, 0) is 11.2 Å². The smallest absolute Gasteiger partial charge is 0.230 e. The summed E-state index contributed by atoms with van der Waals surface area (Å²) >= 11 is 0. The second-order valence-electron chi connectivity index (χ2n) is 5.45. The molecule has 0 atom stereocenters. The quantitative estimate of drug-likeness (QED) is 0.788. The Kier molecular flexibility index (Phi) is 5.84. The minimum Gasteiger partial charge on any atom is -0.309 e. The fourth-order valence-electron chi connectivity index (χ4n) is 2.72. The van der Waals surface area contributed by atoms with Crippen molar-refractivity contribution in [2.45, 2.75) is 47.0 Å². The monoisotopic (exact) mass is 315 g/mol. The van der Waals surface area contributed by atoms with E-state index in [1.807, 2.05) is 24.9 Å². The predicted octanol–water partition coefficient (Wildman–Crippen LogP) is 3.01. The Bertz CT molecular complexity index is 634. The Hall–Kier alpha value is -2.24. The van der Waals surface area contributed by atoms with Crippen LogP contribution in [0.5, 0.6) is 0 Å². The zero-order valence-corrected chi connectivity index (χ0v) is 14.4. The Labute approximate surface area is 137 Å². The van der Waals surface area contributed by atoms with Gasteiger partial charge < -0.3 is 4.90 Å². The zero-order valence-electron chi connectivity index (χ0n) is 14.4. The summed E-state index contributed by atoms with van der Waals surface area (Å²) < 4.78 is 1.75. The van der Waals surface area contributed by atoms with E-state index in [1.54, 1.807) is 17.1 Å².